The van der Waals surface area contributed by atoms with E-state index in [1.54, 1.807) is 6.07 Å². The predicted molar refractivity (Wildman–Crippen MR) is 50.1 cm³/mol. The molecule has 0 aromatic carbocycles. The lowest BCUT2D eigenvalue weighted by Crippen LogP contribution is -2.17. The fourth-order valence-corrected chi connectivity index (χ4v) is 2.01. The zero-order valence-corrected chi connectivity index (χ0v) is 7.89. The highest BCUT2D eigenvalue weighted by atomic mass is 32.1. The second-order valence-corrected chi connectivity index (χ2v) is 3.64. The Balaban J connectivity index is 2.40. The molecule has 0 saturated heterocycles. The molecule has 0 saturated carbocycles. The van der Waals surface area contributed by atoms with Crippen molar-refractivity contribution in [1.29, 1.82) is 0 Å². The Morgan fingerprint density at radius 1 is 1.50 bits per heavy atom. The Morgan fingerprint density at radius 2 is 2.21 bits per heavy atom. The van der Waals surface area contributed by atoms with E-state index in [9.17, 15) is 4.79 Å². The first-order valence-electron chi connectivity index (χ1n) is 3.89. The minimum atomic E-state index is -0.910. The van der Waals surface area contributed by atoms with Crippen LogP contribution in [0, 0.1) is 0 Å². The molecule has 72 valence electrons. The van der Waals surface area contributed by atoms with Gasteiger partial charge in [-0.1, -0.05) is 6.07 Å². The SMILES string of the molecule is O=C(O)C(c1cccs1)n1cnnc1. The molecular formula is C8H7N3O2S. The summed E-state index contributed by atoms with van der Waals surface area (Å²) in [5.41, 5.74) is 0. The number of hydrogen-bond donors (Lipinski definition) is 1. The van der Waals surface area contributed by atoms with Gasteiger partial charge in [0.2, 0.25) is 0 Å². The van der Waals surface area contributed by atoms with Crippen LogP contribution in [0.15, 0.2) is 30.2 Å². The van der Waals surface area contributed by atoms with E-state index in [1.165, 1.54) is 28.6 Å². The summed E-state index contributed by atoms with van der Waals surface area (Å²) in [6.45, 7) is 0. The predicted octanol–water partition coefficient (Wildman–Crippen LogP) is 1.01. The molecule has 0 aliphatic carbocycles. The Morgan fingerprint density at radius 3 is 2.71 bits per heavy atom. The Hall–Kier alpha value is -1.69. The van der Waals surface area contributed by atoms with Gasteiger partial charge in [-0.3, -0.25) is 0 Å². The normalized spacial score (nSPS) is 12.6. The highest BCUT2D eigenvalue weighted by molar-refractivity contribution is 7.10. The third-order valence-corrected chi connectivity index (χ3v) is 2.71. The van der Waals surface area contributed by atoms with Crippen LogP contribution in [0.1, 0.15) is 10.9 Å². The van der Waals surface area contributed by atoms with E-state index in [0.29, 0.717) is 0 Å². The summed E-state index contributed by atoms with van der Waals surface area (Å²) in [5.74, 6) is -0.910. The van der Waals surface area contributed by atoms with Crippen LogP contribution in [0.4, 0.5) is 0 Å². The maximum atomic E-state index is 11.0. The van der Waals surface area contributed by atoms with Crippen LogP contribution >= 0.6 is 11.3 Å². The molecule has 2 heterocycles. The van der Waals surface area contributed by atoms with Gasteiger partial charge in [-0.2, -0.15) is 0 Å². The monoisotopic (exact) mass is 209 g/mol. The van der Waals surface area contributed by atoms with Gasteiger partial charge < -0.3 is 9.67 Å². The van der Waals surface area contributed by atoms with E-state index in [-0.39, 0.29) is 0 Å². The quantitative estimate of drug-likeness (QED) is 0.819. The molecule has 2 aromatic rings. The summed E-state index contributed by atoms with van der Waals surface area (Å²) in [6.07, 6.45) is 2.80. The zero-order valence-electron chi connectivity index (χ0n) is 7.07. The molecule has 1 unspecified atom stereocenters. The van der Waals surface area contributed by atoms with Gasteiger partial charge in [-0.15, -0.1) is 21.5 Å². The van der Waals surface area contributed by atoms with E-state index < -0.39 is 12.0 Å². The lowest BCUT2D eigenvalue weighted by molar-refractivity contribution is -0.139. The fourth-order valence-electron chi connectivity index (χ4n) is 1.19. The first-order chi connectivity index (χ1) is 6.79. The molecular weight excluding hydrogens is 202 g/mol. The molecule has 0 aliphatic heterocycles. The Kier molecular flexibility index (Phi) is 2.28. The maximum Gasteiger partial charge on any atom is 0.332 e. The number of carboxylic acid groups (broad SMARTS) is 1. The molecule has 5 nitrogen and oxygen atoms in total. The minimum Gasteiger partial charge on any atom is -0.479 e. The number of thiophene rings is 1. The van der Waals surface area contributed by atoms with Crippen molar-refractivity contribution in [2.75, 3.05) is 0 Å². The molecule has 0 radical (unpaired) electrons. The van der Waals surface area contributed by atoms with E-state index in [4.69, 9.17) is 5.11 Å². The second kappa shape index (κ2) is 3.59. The van der Waals surface area contributed by atoms with Gasteiger partial charge in [0.05, 0.1) is 0 Å². The number of aromatic nitrogens is 3. The first-order valence-corrected chi connectivity index (χ1v) is 4.77. The molecule has 6 heteroatoms. The largest absolute Gasteiger partial charge is 0.479 e. The van der Waals surface area contributed by atoms with Crippen molar-refractivity contribution in [3.05, 3.63) is 35.0 Å². The molecule has 2 aromatic heterocycles. The molecule has 1 N–H and O–H groups in total. The summed E-state index contributed by atoms with van der Waals surface area (Å²) < 4.78 is 1.47. The van der Waals surface area contributed by atoms with Crippen molar-refractivity contribution in [2.24, 2.45) is 0 Å². The van der Waals surface area contributed by atoms with Crippen molar-refractivity contribution < 1.29 is 9.90 Å². The topological polar surface area (TPSA) is 68.0 Å². The first kappa shape index (κ1) is 8.89. The highest BCUT2D eigenvalue weighted by Crippen LogP contribution is 2.22. The highest BCUT2D eigenvalue weighted by Gasteiger charge is 2.22. The Bertz CT molecular complexity index is 375. The molecule has 0 fully saturated rings. The van der Waals surface area contributed by atoms with Crippen LogP contribution in [0.25, 0.3) is 0 Å². The molecule has 1 atom stereocenters. The van der Waals surface area contributed by atoms with E-state index in [0.717, 1.165) is 4.88 Å². The van der Waals surface area contributed by atoms with Crippen molar-refractivity contribution in [1.82, 2.24) is 14.8 Å². The molecule has 0 amide bonds. The average molecular weight is 209 g/mol. The van der Waals surface area contributed by atoms with Gasteiger partial charge in [0, 0.05) is 4.88 Å². The van der Waals surface area contributed by atoms with Gasteiger partial charge in [0.1, 0.15) is 12.7 Å². The van der Waals surface area contributed by atoms with E-state index in [2.05, 4.69) is 10.2 Å². The summed E-state index contributed by atoms with van der Waals surface area (Å²) in [4.78, 5) is 11.8. The summed E-state index contributed by atoms with van der Waals surface area (Å²) >= 11 is 1.40. The van der Waals surface area contributed by atoms with Crippen molar-refractivity contribution in [2.45, 2.75) is 6.04 Å². The maximum absolute atomic E-state index is 11.0. The fraction of sp³-hybridized carbons (Fsp3) is 0.125. The number of carboxylic acids is 1. The van der Waals surface area contributed by atoms with Crippen molar-refractivity contribution >= 4 is 17.3 Å². The molecule has 0 aliphatic rings. The van der Waals surface area contributed by atoms with Gasteiger partial charge >= 0.3 is 5.97 Å². The molecule has 14 heavy (non-hydrogen) atoms. The van der Waals surface area contributed by atoms with Crippen LogP contribution in [-0.2, 0) is 4.79 Å². The molecule has 2 rings (SSSR count). The third kappa shape index (κ3) is 1.51. The van der Waals surface area contributed by atoms with Gasteiger partial charge in [0.25, 0.3) is 0 Å². The number of rotatable bonds is 3. The van der Waals surface area contributed by atoms with E-state index in [1.807, 2.05) is 11.4 Å². The van der Waals surface area contributed by atoms with Gasteiger partial charge in [0.15, 0.2) is 6.04 Å². The summed E-state index contributed by atoms with van der Waals surface area (Å²) in [6, 6.07) is 2.88. The minimum absolute atomic E-state index is 0.718. The van der Waals surface area contributed by atoms with Gasteiger partial charge in [-0.25, -0.2) is 4.79 Å². The summed E-state index contributed by atoms with van der Waals surface area (Å²) in [7, 11) is 0. The average Bonchev–Trinajstić information content (AvgIpc) is 2.75. The van der Waals surface area contributed by atoms with Gasteiger partial charge in [-0.05, 0) is 11.4 Å². The third-order valence-electron chi connectivity index (χ3n) is 1.78. The number of aliphatic carboxylic acids is 1. The van der Waals surface area contributed by atoms with Crippen molar-refractivity contribution in [3.8, 4) is 0 Å². The van der Waals surface area contributed by atoms with E-state index >= 15 is 0 Å². The lowest BCUT2D eigenvalue weighted by atomic mass is 10.2. The van der Waals surface area contributed by atoms with Crippen LogP contribution in [0.5, 0.6) is 0 Å². The molecule has 0 bridgehead atoms. The smallest absolute Gasteiger partial charge is 0.332 e. The van der Waals surface area contributed by atoms with Crippen LogP contribution in [-0.4, -0.2) is 25.8 Å². The second-order valence-electron chi connectivity index (χ2n) is 2.67. The van der Waals surface area contributed by atoms with Crippen LogP contribution < -0.4 is 0 Å². The lowest BCUT2D eigenvalue weighted by Gasteiger charge is -2.10. The Labute approximate surface area is 83.6 Å². The van der Waals surface area contributed by atoms with Crippen LogP contribution in [0.3, 0.4) is 0 Å². The standard InChI is InChI=1S/C8H7N3O2S/c12-8(13)7(6-2-1-3-14-6)11-4-9-10-5-11/h1-5,7H,(H,12,13). The molecule has 0 spiro atoms. The summed E-state index contributed by atoms with van der Waals surface area (Å²) in [5, 5.41) is 18.1. The van der Waals surface area contributed by atoms with Crippen molar-refractivity contribution in [3.63, 3.8) is 0 Å². The zero-order chi connectivity index (χ0) is 9.97. The number of hydrogen-bond acceptors (Lipinski definition) is 4. The number of nitrogens with zero attached hydrogens (tertiary/aromatic N) is 3. The number of carbonyl (C=O) groups is 1. The van der Waals surface area contributed by atoms with Crippen LogP contribution in [0.2, 0.25) is 0 Å².